The fraction of sp³-hybridized carbons (Fsp3) is 0.281. The summed E-state index contributed by atoms with van der Waals surface area (Å²) >= 11 is 1.35. The highest BCUT2D eigenvalue weighted by atomic mass is 32.1. The number of amides is 3. The normalized spacial score (nSPS) is 12.5. The number of benzene rings is 2. The number of fused-ring (bicyclic) bond motifs is 1. The van der Waals surface area contributed by atoms with E-state index in [-0.39, 0.29) is 36.5 Å². The molecule has 10 heteroatoms. The lowest BCUT2D eigenvalue weighted by Gasteiger charge is -2.22. The molecule has 3 amide bonds. The van der Waals surface area contributed by atoms with Crippen LogP contribution in [0.25, 0.3) is 21.3 Å². The zero-order valence-electron chi connectivity index (χ0n) is 23.8. The molecule has 42 heavy (non-hydrogen) atoms. The molecule has 0 fully saturated rings. The van der Waals surface area contributed by atoms with Crippen molar-refractivity contribution in [3.63, 3.8) is 0 Å². The van der Waals surface area contributed by atoms with E-state index < -0.39 is 18.0 Å². The van der Waals surface area contributed by atoms with Crippen LogP contribution in [0.1, 0.15) is 42.4 Å². The molecule has 0 aliphatic rings. The largest absolute Gasteiger partial charge is 0.618 e. The van der Waals surface area contributed by atoms with E-state index in [2.05, 4.69) is 16.0 Å². The van der Waals surface area contributed by atoms with Gasteiger partial charge in [-0.05, 0) is 60.5 Å². The van der Waals surface area contributed by atoms with Crippen molar-refractivity contribution in [2.24, 2.45) is 5.92 Å². The maximum absolute atomic E-state index is 13.1. The van der Waals surface area contributed by atoms with E-state index >= 15 is 0 Å². The van der Waals surface area contributed by atoms with Gasteiger partial charge in [0.25, 0.3) is 5.91 Å². The maximum Gasteiger partial charge on any atom is 0.262 e. The minimum atomic E-state index is -0.873. The number of hydrogen-bond donors (Lipinski definition) is 3. The summed E-state index contributed by atoms with van der Waals surface area (Å²) in [5, 5.41) is 21.1. The average Bonchev–Trinajstić information content (AvgIpc) is 3.40. The molecule has 0 spiro atoms. The molecule has 4 aromatic rings. The first-order valence-corrected chi connectivity index (χ1v) is 14.6. The van der Waals surface area contributed by atoms with Crippen LogP contribution in [0.2, 0.25) is 0 Å². The lowest BCUT2D eigenvalue weighted by Crippen LogP contribution is -2.52. The second kappa shape index (κ2) is 13.9. The summed E-state index contributed by atoms with van der Waals surface area (Å²) in [6.07, 6.45) is 1.83. The summed E-state index contributed by atoms with van der Waals surface area (Å²) in [7, 11) is 0. The molecule has 0 saturated heterocycles. The van der Waals surface area contributed by atoms with Gasteiger partial charge in [-0.15, -0.1) is 11.3 Å². The van der Waals surface area contributed by atoms with Gasteiger partial charge in [-0.25, -0.2) is 0 Å². The van der Waals surface area contributed by atoms with Gasteiger partial charge in [0, 0.05) is 22.4 Å². The van der Waals surface area contributed by atoms with Crippen molar-refractivity contribution in [1.29, 1.82) is 0 Å². The van der Waals surface area contributed by atoms with Crippen molar-refractivity contribution in [1.82, 2.24) is 16.0 Å². The Hall–Kier alpha value is -4.57. The average molecular weight is 587 g/mol. The van der Waals surface area contributed by atoms with Crippen molar-refractivity contribution in [3.05, 3.63) is 94.6 Å². The highest BCUT2D eigenvalue weighted by Gasteiger charge is 2.26. The molecular formula is C32H34N4O5S. The number of nitrogens with zero attached hydrogens (tertiary/aromatic N) is 1. The third kappa shape index (κ3) is 8.01. The molecule has 2 atom stereocenters. The van der Waals surface area contributed by atoms with Gasteiger partial charge < -0.3 is 21.2 Å². The zero-order chi connectivity index (χ0) is 30.2. The molecule has 0 bridgehead atoms. The Morgan fingerprint density at radius 2 is 1.67 bits per heavy atom. The fourth-order valence-electron chi connectivity index (χ4n) is 4.50. The van der Waals surface area contributed by atoms with Gasteiger partial charge in [-0.1, -0.05) is 44.2 Å². The SMILES string of the molecule is CC(C)CC(NC(=O)c1cc2ccccc2s1)C(=O)NC(C)C(=O)CNC(=O)Cc1cccc(-c2cccc[n+]2[O-])c1. The van der Waals surface area contributed by atoms with E-state index in [0.29, 0.717) is 28.1 Å². The monoisotopic (exact) mass is 586 g/mol. The molecular weight excluding hydrogens is 552 g/mol. The maximum atomic E-state index is 13.1. The van der Waals surface area contributed by atoms with Gasteiger partial charge in [-0.3, -0.25) is 19.2 Å². The van der Waals surface area contributed by atoms with Crippen LogP contribution in [0.15, 0.2) is 79.0 Å². The lowest BCUT2D eigenvalue weighted by atomic mass is 10.0. The first-order chi connectivity index (χ1) is 20.1. The Morgan fingerprint density at radius 3 is 2.40 bits per heavy atom. The van der Waals surface area contributed by atoms with Crippen molar-refractivity contribution in [2.45, 2.75) is 45.7 Å². The van der Waals surface area contributed by atoms with Crippen LogP contribution in [0.3, 0.4) is 0 Å². The summed E-state index contributed by atoms with van der Waals surface area (Å²) in [4.78, 5) is 51.9. The summed E-state index contributed by atoms with van der Waals surface area (Å²) in [6, 6.07) is 20.0. The Bertz CT molecular complexity index is 1570. The fourth-order valence-corrected chi connectivity index (χ4v) is 5.47. The van der Waals surface area contributed by atoms with E-state index in [1.807, 2.05) is 38.1 Å². The number of nitrogens with one attached hydrogen (secondary N) is 3. The molecule has 0 aliphatic carbocycles. The number of ketones is 1. The number of carbonyl (C=O) groups excluding carboxylic acids is 4. The van der Waals surface area contributed by atoms with Crippen molar-refractivity contribution < 1.29 is 23.9 Å². The number of aromatic nitrogens is 1. The number of thiophene rings is 1. The molecule has 9 nitrogen and oxygen atoms in total. The number of pyridine rings is 1. The minimum Gasteiger partial charge on any atom is -0.618 e. The topological polar surface area (TPSA) is 131 Å². The zero-order valence-corrected chi connectivity index (χ0v) is 24.6. The molecule has 0 aliphatic heterocycles. The van der Waals surface area contributed by atoms with Crippen molar-refractivity contribution >= 4 is 44.9 Å². The second-order valence-corrected chi connectivity index (χ2v) is 11.6. The summed E-state index contributed by atoms with van der Waals surface area (Å²) in [5.74, 6) is -1.42. The van der Waals surface area contributed by atoms with Gasteiger partial charge >= 0.3 is 0 Å². The van der Waals surface area contributed by atoms with Gasteiger partial charge in [0.1, 0.15) is 6.04 Å². The van der Waals surface area contributed by atoms with Crippen LogP contribution in [0.4, 0.5) is 0 Å². The Balaban J connectivity index is 1.30. The molecule has 0 radical (unpaired) electrons. The van der Waals surface area contributed by atoms with E-state index in [1.54, 1.807) is 55.5 Å². The highest BCUT2D eigenvalue weighted by molar-refractivity contribution is 7.20. The van der Waals surface area contributed by atoms with Crippen LogP contribution in [-0.2, 0) is 20.8 Å². The Labute approximate surface area is 248 Å². The van der Waals surface area contributed by atoms with E-state index in [0.717, 1.165) is 14.8 Å². The van der Waals surface area contributed by atoms with E-state index in [4.69, 9.17) is 0 Å². The van der Waals surface area contributed by atoms with Gasteiger partial charge in [0.15, 0.2) is 12.0 Å². The molecule has 3 N–H and O–H groups in total. The van der Waals surface area contributed by atoms with Gasteiger partial charge in [-0.2, -0.15) is 4.73 Å². The minimum absolute atomic E-state index is 0.0216. The lowest BCUT2D eigenvalue weighted by molar-refractivity contribution is -0.593. The standard InChI is InChI=1S/C32H34N4O5S/c1-20(2)15-25(35-32(40)29-18-24-10-4-5-13-28(24)42-29)31(39)34-21(3)27(37)19-33-30(38)17-22-9-8-11-23(16-22)26-12-6-7-14-36(26)41/h4-14,16,18,20-21,25H,15,17,19H2,1-3H3,(H,33,38)(H,34,39)(H,35,40). The quantitative estimate of drug-likeness (QED) is 0.172. The van der Waals surface area contributed by atoms with Crippen LogP contribution < -0.4 is 20.7 Å². The van der Waals surface area contributed by atoms with Crippen LogP contribution in [0.5, 0.6) is 0 Å². The Morgan fingerprint density at radius 1 is 0.905 bits per heavy atom. The van der Waals surface area contributed by atoms with Gasteiger partial charge in [0.05, 0.1) is 23.9 Å². The van der Waals surface area contributed by atoms with Crippen molar-refractivity contribution in [2.75, 3.05) is 6.54 Å². The van der Waals surface area contributed by atoms with E-state index in [1.165, 1.54) is 17.5 Å². The molecule has 2 heterocycles. The number of rotatable bonds is 12. The first-order valence-electron chi connectivity index (χ1n) is 13.8. The number of carbonyl (C=O) groups is 4. The number of hydrogen-bond acceptors (Lipinski definition) is 6. The van der Waals surface area contributed by atoms with Crippen LogP contribution in [0, 0.1) is 11.1 Å². The summed E-state index contributed by atoms with van der Waals surface area (Å²) in [6.45, 7) is 5.18. The summed E-state index contributed by atoms with van der Waals surface area (Å²) in [5.41, 5.74) is 1.84. The third-order valence-electron chi connectivity index (χ3n) is 6.69. The smallest absolute Gasteiger partial charge is 0.262 e. The summed E-state index contributed by atoms with van der Waals surface area (Å²) < 4.78 is 1.74. The second-order valence-electron chi connectivity index (χ2n) is 10.6. The first kappa shape index (κ1) is 30.4. The van der Waals surface area contributed by atoms with Crippen molar-refractivity contribution in [3.8, 4) is 11.3 Å². The molecule has 4 rings (SSSR count). The predicted octanol–water partition coefficient (Wildman–Crippen LogP) is 3.78. The van der Waals surface area contributed by atoms with E-state index in [9.17, 15) is 24.4 Å². The van der Waals surface area contributed by atoms with Crippen LogP contribution in [-0.4, -0.2) is 42.1 Å². The molecule has 0 saturated carbocycles. The molecule has 218 valence electrons. The van der Waals surface area contributed by atoms with Gasteiger partial charge in [0.2, 0.25) is 17.5 Å². The third-order valence-corrected chi connectivity index (χ3v) is 7.81. The molecule has 2 unspecified atom stereocenters. The predicted molar refractivity (Wildman–Crippen MR) is 163 cm³/mol. The Kier molecular flexibility index (Phi) is 10.0. The molecule has 2 aromatic heterocycles. The number of Topliss-reactive ketones (excluding diaryl/α,β-unsaturated/α-hetero) is 1. The molecule has 2 aromatic carbocycles. The van der Waals surface area contributed by atoms with Crippen LogP contribution >= 0.6 is 11.3 Å². The highest BCUT2D eigenvalue weighted by Crippen LogP contribution is 2.25.